The molecular formula is C23H27N3O. The molecule has 0 radical (unpaired) electrons. The van der Waals surface area contributed by atoms with Crippen molar-refractivity contribution < 1.29 is 4.79 Å². The molecule has 140 valence electrons. The first-order valence-electron chi connectivity index (χ1n) is 10.8. The molecule has 2 bridgehead atoms. The van der Waals surface area contributed by atoms with Crippen molar-refractivity contribution in [2.45, 2.75) is 57.9 Å². The third-order valence-corrected chi connectivity index (χ3v) is 7.87. The molecule has 1 amide bonds. The highest BCUT2D eigenvalue weighted by Crippen LogP contribution is 2.53. The van der Waals surface area contributed by atoms with Crippen LogP contribution in [-0.4, -0.2) is 28.5 Å². The van der Waals surface area contributed by atoms with Crippen molar-refractivity contribution in [3.05, 3.63) is 35.4 Å². The van der Waals surface area contributed by atoms with Crippen LogP contribution < -0.4 is 0 Å². The van der Waals surface area contributed by atoms with E-state index in [2.05, 4.69) is 31.2 Å². The number of hydrogen-bond acceptors (Lipinski definition) is 3. The Hall–Kier alpha value is -1.97. The summed E-state index contributed by atoms with van der Waals surface area (Å²) in [4.78, 5) is 18.7. The van der Waals surface area contributed by atoms with E-state index in [0.717, 1.165) is 18.0 Å². The smallest absolute Gasteiger partial charge is 0.254 e. The van der Waals surface area contributed by atoms with Gasteiger partial charge < -0.3 is 0 Å². The normalized spacial score (nSPS) is 39.4. The number of rotatable bonds is 1. The molecule has 1 aromatic rings. The standard InChI is InChI=1S/C23H27N3O/c1-13-6-8-14(9-7-13)20-17-4-2-3-5-18(17)22-24-21-16-11-10-15(12-16)19(21)23(27)26(22)25-20/h6-9,15-19,21H,2-5,10-12H2,1H3/t15-,16+,17+,18-,19-,21+/m0/s1. The summed E-state index contributed by atoms with van der Waals surface area (Å²) < 4.78 is 0. The highest BCUT2D eigenvalue weighted by Gasteiger charge is 2.57. The fourth-order valence-corrected chi connectivity index (χ4v) is 6.55. The van der Waals surface area contributed by atoms with Gasteiger partial charge in [-0.1, -0.05) is 42.7 Å². The molecule has 2 heterocycles. The zero-order chi connectivity index (χ0) is 18.1. The van der Waals surface area contributed by atoms with E-state index in [9.17, 15) is 4.79 Å². The van der Waals surface area contributed by atoms with Gasteiger partial charge in [0.2, 0.25) is 0 Å². The van der Waals surface area contributed by atoms with Gasteiger partial charge in [0, 0.05) is 11.8 Å². The molecule has 0 N–H and O–H groups in total. The third-order valence-electron chi connectivity index (χ3n) is 7.87. The molecule has 0 saturated heterocycles. The van der Waals surface area contributed by atoms with E-state index < -0.39 is 0 Å². The summed E-state index contributed by atoms with van der Waals surface area (Å²) in [6, 6.07) is 8.92. The number of aryl methyl sites for hydroxylation is 1. The Morgan fingerprint density at radius 2 is 1.70 bits per heavy atom. The minimum atomic E-state index is 0.0932. The molecule has 3 fully saturated rings. The lowest BCUT2D eigenvalue weighted by Crippen LogP contribution is -2.55. The Kier molecular flexibility index (Phi) is 3.42. The second-order valence-electron chi connectivity index (χ2n) is 9.34. The van der Waals surface area contributed by atoms with Crippen LogP contribution in [0.5, 0.6) is 0 Å². The van der Waals surface area contributed by atoms with Crippen LogP contribution in [0.2, 0.25) is 0 Å². The lowest BCUT2D eigenvalue weighted by molar-refractivity contribution is -0.135. The molecule has 27 heavy (non-hydrogen) atoms. The first-order valence-corrected chi connectivity index (χ1v) is 10.8. The topological polar surface area (TPSA) is 45.0 Å². The second kappa shape index (κ2) is 5.76. The first kappa shape index (κ1) is 16.0. The Bertz CT molecular complexity index is 855. The summed E-state index contributed by atoms with van der Waals surface area (Å²) in [5, 5.41) is 6.74. The van der Waals surface area contributed by atoms with Gasteiger partial charge in [-0.3, -0.25) is 9.79 Å². The molecular weight excluding hydrogens is 334 g/mol. The average Bonchev–Trinajstić information content (AvgIpc) is 3.31. The van der Waals surface area contributed by atoms with Gasteiger partial charge in [-0.05, 0) is 56.4 Å². The lowest BCUT2D eigenvalue weighted by atomic mass is 9.72. The summed E-state index contributed by atoms with van der Waals surface area (Å²) in [5.41, 5.74) is 3.56. The minimum absolute atomic E-state index is 0.0932. The first-order chi connectivity index (χ1) is 13.2. The van der Waals surface area contributed by atoms with E-state index in [4.69, 9.17) is 10.1 Å². The van der Waals surface area contributed by atoms with Crippen molar-refractivity contribution in [2.75, 3.05) is 0 Å². The Balaban J connectivity index is 1.47. The van der Waals surface area contributed by atoms with Gasteiger partial charge in [0.25, 0.3) is 5.91 Å². The highest BCUT2D eigenvalue weighted by molar-refractivity contribution is 6.12. The number of amidine groups is 1. The van der Waals surface area contributed by atoms with Crippen molar-refractivity contribution >= 4 is 17.5 Å². The number of amides is 1. The molecule has 0 unspecified atom stereocenters. The van der Waals surface area contributed by atoms with Crippen molar-refractivity contribution in [2.24, 2.45) is 39.7 Å². The van der Waals surface area contributed by atoms with Crippen LogP contribution in [0, 0.1) is 36.5 Å². The van der Waals surface area contributed by atoms with Gasteiger partial charge in [-0.15, -0.1) is 0 Å². The molecule has 6 atom stereocenters. The number of carbonyl (C=O) groups is 1. The van der Waals surface area contributed by atoms with Crippen LogP contribution in [0.1, 0.15) is 56.1 Å². The molecule has 6 rings (SSSR count). The summed E-state index contributed by atoms with van der Waals surface area (Å²) in [6.45, 7) is 2.12. The van der Waals surface area contributed by atoms with Gasteiger partial charge in [0.05, 0.1) is 17.7 Å². The van der Waals surface area contributed by atoms with Crippen LogP contribution >= 0.6 is 0 Å². The molecule has 4 heteroatoms. The Morgan fingerprint density at radius 3 is 2.52 bits per heavy atom. The summed E-state index contributed by atoms with van der Waals surface area (Å²) >= 11 is 0. The predicted octanol–water partition coefficient (Wildman–Crippen LogP) is 4.17. The minimum Gasteiger partial charge on any atom is -0.272 e. The van der Waals surface area contributed by atoms with Crippen LogP contribution in [0.15, 0.2) is 34.4 Å². The van der Waals surface area contributed by atoms with E-state index in [-0.39, 0.29) is 17.9 Å². The fourth-order valence-electron chi connectivity index (χ4n) is 6.55. The zero-order valence-electron chi connectivity index (χ0n) is 16.0. The second-order valence-corrected chi connectivity index (χ2v) is 9.34. The van der Waals surface area contributed by atoms with Gasteiger partial charge in [-0.2, -0.15) is 10.1 Å². The van der Waals surface area contributed by atoms with Crippen LogP contribution in [-0.2, 0) is 4.79 Å². The number of fused-ring (bicyclic) bond motifs is 8. The molecule has 5 aliphatic rings. The molecule has 1 aromatic carbocycles. The molecule has 3 saturated carbocycles. The monoisotopic (exact) mass is 361 g/mol. The van der Waals surface area contributed by atoms with E-state index in [1.807, 2.05) is 0 Å². The number of aliphatic imine (C=N–C) groups is 1. The van der Waals surface area contributed by atoms with E-state index in [1.54, 1.807) is 5.01 Å². The Morgan fingerprint density at radius 1 is 0.963 bits per heavy atom. The maximum atomic E-state index is 13.5. The van der Waals surface area contributed by atoms with Crippen molar-refractivity contribution in [1.29, 1.82) is 0 Å². The number of benzene rings is 1. The van der Waals surface area contributed by atoms with Gasteiger partial charge in [-0.25, -0.2) is 0 Å². The predicted molar refractivity (Wildman–Crippen MR) is 106 cm³/mol. The van der Waals surface area contributed by atoms with Crippen molar-refractivity contribution in [3.63, 3.8) is 0 Å². The number of nitrogens with zero attached hydrogens (tertiary/aromatic N) is 3. The molecule has 4 nitrogen and oxygen atoms in total. The maximum absolute atomic E-state index is 13.5. The average molecular weight is 361 g/mol. The van der Waals surface area contributed by atoms with Gasteiger partial charge >= 0.3 is 0 Å². The summed E-state index contributed by atoms with van der Waals surface area (Å²) in [6.07, 6.45) is 8.48. The maximum Gasteiger partial charge on any atom is 0.254 e. The third kappa shape index (κ3) is 2.25. The lowest BCUT2D eigenvalue weighted by Gasteiger charge is -2.45. The van der Waals surface area contributed by atoms with E-state index in [1.165, 1.54) is 49.7 Å². The highest BCUT2D eigenvalue weighted by atomic mass is 16.2. The van der Waals surface area contributed by atoms with E-state index >= 15 is 0 Å². The van der Waals surface area contributed by atoms with Gasteiger partial charge in [0.15, 0.2) is 0 Å². The quantitative estimate of drug-likeness (QED) is 0.740. The largest absolute Gasteiger partial charge is 0.272 e. The Labute approximate surface area is 160 Å². The molecule has 2 aliphatic heterocycles. The number of hydrazone groups is 1. The number of carbonyl (C=O) groups excluding carboxylic acids is 1. The van der Waals surface area contributed by atoms with Crippen LogP contribution in [0.3, 0.4) is 0 Å². The van der Waals surface area contributed by atoms with Crippen molar-refractivity contribution in [1.82, 2.24) is 5.01 Å². The summed E-state index contributed by atoms with van der Waals surface area (Å²) in [5.74, 6) is 3.31. The fraction of sp³-hybridized carbons (Fsp3) is 0.609. The molecule has 0 spiro atoms. The SMILES string of the molecule is Cc1ccc(C2=NN3C(=O)[C@H]4[C@H]5CC[C@H](C5)[C@H]4N=C3[C@H]3CCCC[C@@H]23)cc1. The van der Waals surface area contributed by atoms with Crippen LogP contribution in [0.4, 0.5) is 0 Å². The molecule has 3 aliphatic carbocycles. The van der Waals surface area contributed by atoms with E-state index in [0.29, 0.717) is 23.7 Å². The number of hydrogen-bond donors (Lipinski definition) is 0. The van der Waals surface area contributed by atoms with Crippen LogP contribution in [0.25, 0.3) is 0 Å². The zero-order valence-corrected chi connectivity index (χ0v) is 16.0. The summed E-state index contributed by atoms with van der Waals surface area (Å²) in [7, 11) is 0. The molecule has 0 aromatic heterocycles. The van der Waals surface area contributed by atoms with Gasteiger partial charge in [0.1, 0.15) is 5.84 Å². The van der Waals surface area contributed by atoms with Crippen molar-refractivity contribution in [3.8, 4) is 0 Å².